The van der Waals surface area contributed by atoms with Crippen LogP contribution in [0.3, 0.4) is 0 Å². The normalized spacial score (nSPS) is 11.7. The van der Waals surface area contributed by atoms with Crippen molar-refractivity contribution in [3.8, 4) is 0 Å². The minimum atomic E-state index is -0.715. The van der Waals surface area contributed by atoms with Gasteiger partial charge in [0.25, 0.3) is 5.76 Å². The summed E-state index contributed by atoms with van der Waals surface area (Å²) in [5.41, 5.74) is 0. The average Bonchev–Trinajstić information content (AvgIpc) is 2.22. The summed E-state index contributed by atoms with van der Waals surface area (Å²) in [6.07, 6.45) is 0.728. The third-order valence-corrected chi connectivity index (χ3v) is 1.39. The van der Waals surface area contributed by atoms with E-state index in [1.54, 1.807) is 13.8 Å². The zero-order valence-electron chi connectivity index (χ0n) is 9.41. The highest BCUT2D eigenvalue weighted by molar-refractivity contribution is 5.86. The van der Waals surface area contributed by atoms with E-state index in [1.807, 2.05) is 6.92 Å². The fourth-order valence-corrected chi connectivity index (χ4v) is 0.813. The van der Waals surface area contributed by atoms with Gasteiger partial charge in [0.1, 0.15) is 0 Å². The van der Waals surface area contributed by atoms with Gasteiger partial charge in [-0.05, 0) is 20.3 Å². The molecular formula is C10H18O5. The molecule has 15 heavy (non-hydrogen) atoms. The Bertz CT molecular complexity index is 222. The number of hydrogen-bond donors (Lipinski definition) is 1. The maximum Gasteiger partial charge on any atom is 0.381 e. The van der Waals surface area contributed by atoms with Crippen LogP contribution in [-0.4, -0.2) is 30.9 Å². The molecule has 0 radical (unpaired) electrons. The summed E-state index contributed by atoms with van der Waals surface area (Å²) in [6, 6.07) is 0. The van der Waals surface area contributed by atoms with E-state index in [2.05, 4.69) is 0 Å². The molecule has 5 heteroatoms. The van der Waals surface area contributed by atoms with Gasteiger partial charge in [-0.3, -0.25) is 0 Å². The number of aliphatic hydroxyl groups is 1. The van der Waals surface area contributed by atoms with Crippen molar-refractivity contribution in [3.63, 3.8) is 0 Å². The molecule has 0 aromatic rings. The Morgan fingerprint density at radius 1 is 1.07 bits per heavy atom. The number of hydrogen-bond acceptors (Lipinski definition) is 5. The Balaban J connectivity index is 4.52. The molecule has 0 aromatic carbocycles. The Morgan fingerprint density at radius 2 is 1.67 bits per heavy atom. The number of aliphatic hydroxyl groups excluding tert-OH is 1. The molecule has 0 rings (SSSR count). The Morgan fingerprint density at radius 3 is 2.13 bits per heavy atom. The van der Waals surface area contributed by atoms with Gasteiger partial charge < -0.3 is 19.3 Å². The summed E-state index contributed by atoms with van der Waals surface area (Å²) < 4.78 is 14.5. The van der Waals surface area contributed by atoms with Gasteiger partial charge in [0.2, 0.25) is 0 Å². The van der Waals surface area contributed by atoms with Crippen LogP contribution in [0.1, 0.15) is 27.2 Å². The van der Waals surface area contributed by atoms with Gasteiger partial charge in [-0.1, -0.05) is 6.92 Å². The van der Waals surface area contributed by atoms with Crippen LogP contribution >= 0.6 is 0 Å². The largest absolute Gasteiger partial charge is 0.482 e. The Hall–Kier alpha value is -1.39. The molecular weight excluding hydrogens is 200 g/mol. The Labute approximate surface area is 89.6 Å². The second-order valence-corrected chi connectivity index (χ2v) is 2.64. The number of carbonyl (C=O) groups is 1. The van der Waals surface area contributed by atoms with E-state index in [0.29, 0.717) is 6.61 Å². The fraction of sp³-hybridized carbons (Fsp3) is 0.700. The van der Waals surface area contributed by atoms with Crippen molar-refractivity contribution in [3.05, 3.63) is 11.7 Å². The van der Waals surface area contributed by atoms with Crippen LogP contribution in [0.2, 0.25) is 0 Å². The monoisotopic (exact) mass is 218 g/mol. The second kappa shape index (κ2) is 7.96. The van der Waals surface area contributed by atoms with E-state index < -0.39 is 11.9 Å². The third kappa shape index (κ3) is 5.15. The van der Waals surface area contributed by atoms with Crippen LogP contribution in [0.5, 0.6) is 0 Å². The first-order chi connectivity index (χ1) is 7.17. The summed E-state index contributed by atoms with van der Waals surface area (Å²) in [6.45, 7) is 6.06. The number of ether oxygens (including phenoxy) is 3. The standard InChI is InChI=1S/C10H18O5/c1-4-7-15-10(12)8(13-5-2)9(11)14-6-3/h12H,4-7H2,1-3H3. The minimum Gasteiger partial charge on any atom is -0.482 e. The van der Waals surface area contributed by atoms with Gasteiger partial charge in [0.15, 0.2) is 0 Å². The maximum atomic E-state index is 11.3. The smallest absolute Gasteiger partial charge is 0.381 e. The molecule has 0 bridgehead atoms. The molecule has 0 aliphatic heterocycles. The van der Waals surface area contributed by atoms with Crippen LogP contribution in [0, 0.1) is 0 Å². The molecule has 88 valence electrons. The van der Waals surface area contributed by atoms with E-state index in [0.717, 1.165) is 6.42 Å². The lowest BCUT2D eigenvalue weighted by Crippen LogP contribution is -2.14. The van der Waals surface area contributed by atoms with E-state index >= 15 is 0 Å². The van der Waals surface area contributed by atoms with E-state index in [-0.39, 0.29) is 19.0 Å². The minimum absolute atomic E-state index is 0.219. The molecule has 0 aliphatic rings. The molecule has 5 nitrogen and oxygen atoms in total. The van der Waals surface area contributed by atoms with Gasteiger partial charge >= 0.3 is 11.9 Å². The summed E-state index contributed by atoms with van der Waals surface area (Å²) in [7, 11) is 0. The zero-order valence-corrected chi connectivity index (χ0v) is 9.41. The molecule has 0 heterocycles. The van der Waals surface area contributed by atoms with Crippen molar-refractivity contribution in [1.82, 2.24) is 0 Å². The molecule has 0 saturated heterocycles. The lowest BCUT2D eigenvalue weighted by Gasteiger charge is -2.10. The quantitative estimate of drug-likeness (QED) is 0.400. The van der Waals surface area contributed by atoms with Crippen LogP contribution in [0.15, 0.2) is 11.7 Å². The molecule has 0 saturated carbocycles. The Kier molecular flexibility index (Phi) is 7.23. The number of esters is 1. The van der Waals surface area contributed by atoms with Crippen LogP contribution in [0.4, 0.5) is 0 Å². The molecule has 0 spiro atoms. The van der Waals surface area contributed by atoms with E-state index in [4.69, 9.17) is 14.2 Å². The molecule has 0 atom stereocenters. The van der Waals surface area contributed by atoms with E-state index in [1.165, 1.54) is 0 Å². The fourth-order valence-electron chi connectivity index (χ4n) is 0.813. The van der Waals surface area contributed by atoms with Crippen molar-refractivity contribution in [2.75, 3.05) is 19.8 Å². The average molecular weight is 218 g/mol. The topological polar surface area (TPSA) is 65.0 Å². The van der Waals surface area contributed by atoms with Crippen molar-refractivity contribution in [1.29, 1.82) is 0 Å². The van der Waals surface area contributed by atoms with Crippen molar-refractivity contribution >= 4 is 5.97 Å². The molecule has 0 amide bonds. The van der Waals surface area contributed by atoms with Crippen LogP contribution < -0.4 is 0 Å². The van der Waals surface area contributed by atoms with Crippen molar-refractivity contribution in [2.24, 2.45) is 0 Å². The maximum absolute atomic E-state index is 11.3. The van der Waals surface area contributed by atoms with Gasteiger partial charge in [0, 0.05) is 0 Å². The lowest BCUT2D eigenvalue weighted by molar-refractivity contribution is -0.143. The molecule has 0 aliphatic carbocycles. The predicted octanol–water partition coefficient (Wildman–Crippen LogP) is 1.74. The first-order valence-corrected chi connectivity index (χ1v) is 5.03. The van der Waals surface area contributed by atoms with Crippen molar-refractivity contribution in [2.45, 2.75) is 27.2 Å². The zero-order chi connectivity index (χ0) is 11.7. The predicted molar refractivity (Wildman–Crippen MR) is 54.2 cm³/mol. The lowest BCUT2D eigenvalue weighted by atomic mass is 10.5. The van der Waals surface area contributed by atoms with Gasteiger partial charge in [-0.25, -0.2) is 4.79 Å². The second-order valence-electron chi connectivity index (χ2n) is 2.64. The summed E-state index contributed by atoms with van der Waals surface area (Å²) >= 11 is 0. The van der Waals surface area contributed by atoms with E-state index in [9.17, 15) is 9.90 Å². The summed E-state index contributed by atoms with van der Waals surface area (Å²) in [5, 5.41) is 9.40. The highest BCUT2D eigenvalue weighted by Crippen LogP contribution is 2.08. The highest BCUT2D eigenvalue weighted by Gasteiger charge is 2.19. The number of carbonyl (C=O) groups excluding carboxylic acids is 1. The van der Waals surface area contributed by atoms with Gasteiger partial charge in [-0.15, -0.1) is 0 Å². The highest BCUT2D eigenvalue weighted by atomic mass is 16.6. The van der Waals surface area contributed by atoms with Gasteiger partial charge in [0.05, 0.1) is 19.8 Å². The SMILES string of the molecule is CCCOC(O)=C(OCC)C(=O)OCC. The van der Waals surface area contributed by atoms with Crippen molar-refractivity contribution < 1.29 is 24.1 Å². The summed E-state index contributed by atoms with van der Waals surface area (Å²) in [4.78, 5) is 11.3. The third-order valence-electron chi connectivity index (χ3n) is 1.39. The number of rotatable bonds is 7. The molecule has 0 unspecified atom stereocenters. The first-order valence-electron chi connectivity index (χ1n) is 5.03. The van der Waals surface area contributed by atoms with Crippen LogP contribution in [-0.2, 0) is 19.0 Å². The first kappa shape index (κ1) is 13.6. The molecule has 0 fully saturated rings. The molecule has 1 N–H and O–H groups in total. The summed E-state index contributed by atoms with van der Waals surface area (Å²) in [5.74, 6) is -1.50. The van der Waals surface area contributed by atoms with Gasteiger partial charge in [-0.2, -0.15) is 0 Å². The molecule has 0 aromatic heterocycles. The van der Waals surface area contributed by atoms with Crippen LogP contribution in [0.25, 0.3) is 0 Å².